The minimum atomic E-state index is -0.627. The highest BCUT2D eigenvalue weighted by Gasteiger charge is 2.15. The van der Waals surface area contributed by atoms with E-state index in [-0.39, 0.29) is 5.91 Å². The van der Waals surface area contributed by atoms with Gasteiger partial charge in [0.05, 0.1) is 7.11 Å². The maximum atomic E-state index is 12.1. The fourth-order valence-electron chi connectivity index (χ4n) is 1.72. The number of anilines is 1. The van der Waals surface area contributed by atoms with Crippen molar-refractivity contribution in [2.45, 2.75) is 13.0 Å². The van der Waals surface area contributed by atoms with Crippen LogP contribution in [0.1, 0.15) is 6.92 Å². The molecule has 2 rings (SSSR count). The first-order valence-corrected chi connectivity index (χ1v) is 6.83. The molecule has 0 aromatic heterocycles. The summed E-state index contributed by atoms with van der Waals surface area (Å²) in [6.07, 6.45) is -0.627. The molecule has 4 nitrogen and oxygen atoms in total. The normalized spacial score (nSPS) is 11.6. The van der Waals surface area contributed by atoms with Crippen molar-refractivity contribution in [3.63, 3.8) is 0 Å². The van der Waals surface area contributed by atoms with Crippen LogP contribution in [0.2, 0.25) is 5.02 Å². The van der Waals surface area contributed by atoms with Gasteiger partial charge in [0.1, 0.15) is 11.5 Å². The Balaban J connectivity index is 1.97. The zero-order valence-electron chi connectivity index (χ0n) is 11.8. The SMILES string of the molecule is COc1cccc(NC(=O)[C@@H](C)Oc2ccc(Cl)cc2)c1. The fourth-order valence-corrected chi connectivity index (χ4v) is 1.84. The Morgan fingerprint density at radius 2 is 1.86 bits per heavy atom. The molecular weight excluding hydrogens is 290 g/mol. The van der Waals surface area contributed by atoms with Gasteiger partial charge in [0.25, 0.3) is 5.91 Å². The van der Waals surface area contributed by atoms with Gasteiger partial charge in [-0.25, -0.2) is 0 Å². The second kappa shape index (κ2) is 6.99. The van der Waals surface area contributed by atoms with Crippen LogP contribution in [0, 0.1) is 0 Å². The van der Waals surface area contributed by atoms with E-state index in [4.69, 9.17) is 21.1 Å². The van der Waals surface area contributed by atoms with Gasteiger partial charge in [0.15, 0.2) is 6.10 Å². The van der Waals surface area contributed by atoms with Gasteiger partial charge >= 0.3 is 0 Å². The summed E-state index contributed by atoms with van der Waals surface area (Å²) in [7, 11) is 1.58. The molecule has 0 radical (unpaired) electrons. The lowest BCUT2D eigenvalue weighted by atomic mass is 10.2. The number of carbonyl (C=O) groups excluding carboxylic acids is 1. The van der Waals surface area contributed by atoms with Gasteiger partial charge in [-0.1, -0.05) is 17.7 Å². The van der Waals surface area contributed by atoms with Crippen molar-refractivity contribution in [3.05, 3.63) is 53.6 Å². The summed E-state index contributed by atoms with van der Waals surface area (Å²) in [5.41, 5.74) is 0.658. The van der Waals surface area contributed by atoms with Gasteiger partial charge in [-0.3, -0.25) is 4.79 Å². The Morgan fingerprint density at radius 1 is 1.14 bits per heavy atom. The van der Waals surface area contributed by atoms with Crippen LogP contribution in [-0.2, 0) is 4.79 Å². The molecule has 0 spiro atoms. The van der Waals surface area contributed by atoms with Gasteiger partial charge in [0.2, 0.25) is 0 Å². The van der Waals surface area contributed by atoms with E-state index in [1.54, 1.807) is 56.5 Å². The lowest BCUT2D eigenvalue weighted by Gasteiger charge is -2.15. The molecule has 1 N–H and O–H groups in total. The maximum absolute atomic E-state index is 12.1. The molecule has 0 aliphatic heterocycles. The van der Waals surface area contributed by atoms with Crippen LogP contribution in [0.25, 0.3) is 0 Å². The predicted molar refractivity (Wildman–Crippen MR) is 83.2 cm³/mol. The third-order valence-electron chi connectivity index (χ3n) is 2.83. The van der Waals surface area contributed by atoms with Crippen LogP contribution in [0.15, 0.2) is 48.5 Å². The average Bonchev–Trinajstić information content (AvgIpc) is 2.49. The summed E-state index contributed by atoms with van der Waals surface area (Å²) in [5, 5.41) is 3.40. The third kappa shape index (κ3) is 4.39. The summed E-state index contributed by atoms with van der Waals surface area (Å²) >= 11 is 5.80. The Morgan fingerprint density at radius 3 is 2.52 bits per heavy atom. The lowest BCUT2D eigenvalue weighted by Crippen LogP contribution is -2.30. The molecule has 2 aromatic rings. The largest absolute Gasteiger partial charge is 0.497 e. The van der Waals surface area contributed by atoms with Crippen molar-refractivity contribution >= 4 is 23.2 Å². The molecule has 0 aliphatic carbocycles. The number of rotatable bonds is 5. The Kier molecular flexibility index (Phi) is 5.06. The second-order valence-electron chi connectivity index (χ2n) is 4.44. The molecule has 2 aromatic carbocycles. The minimum Gasteiger partial charge on any atom is -0.497 e. The number of methoxy groups -OCH3 is 1. The van der Waals surface area contributed by atoms with Crippen LogP contribution in [0.3, 0.4) is 0 Å². The monoisotopic (exact) mass is 305 g/mol. The van der Waals surface area contributed by atoms with Gasteiger partial charge < -0.3 is 14.8 Å². The van der Waals surface area contributed by atoms with Gasteiger partial charge in [-0.2, -0.15) is 0 Å². The van der Waals surface area contributed by atoms with E-state index in [1.807, 2.05) is 6.07 Å². The number of halogens is 1. The highest BCUT2D eigenvalue weighted by atomic mass is 35.5. The molecule has 0 fully saturated rings. The van der Waals surface area contributed by atoms with Crippen molar-refractivity contribution in [1.82, 2.24) is 0 Å². The smallest absolute Gasteiger partial charge is 0.265 e. The van der Waals surface area contributed by atoms with Gasteiger partial charge in [0, 0.05) is 16.8 Å². The van der Waals surface area contributed by atoms with E-state index in [0.29, 0.717) is 22.2 Å². The molecule has 0 bridgehead atoms. The summed E-state index contributed by atoms with van der Waals surface area (Å²) in [6.45, 7) is 1.68. The van der Waals surface area contributed by atoms with E-state index in [0.717, 1.165) is 0 Å². The van der Waals surface area contributed by atoms with Crippen molar-refractivity contribution < 1.29 is 14.3 Å². The quantitative estimate of drug-likeness (QED) is 0.915. The zero-order chi connectivity index (χ0) is 15.2. The summed E-state index contributed by atoms with van der Waals surface area (Å²) < 4.78 is 10.7. The minimum absolute atomic E-state index is 0.238. The number of amides is 1. The number of hydrogen-bond acceptors (Lipinski definition) is 3. The van der Waals surface area contributed by atoms with E-state index < -0.39 is 6.10 Å². The van der Waals surface area contributed by atoms with Crippen LogP contribution < -0.4 is 14.8 Å². The molecule has 5 heteroatoms. The number of carbonyl (C=O) groups is 1. The molecule has 0 aliphatic rings. The summed E-state index contributed by atoms with van der Waals surface area (Å²) in [4.78, 5) is 12.1. The average molecular weight is 306 g/mol. The van der Waals surface area contributed by atoms with Crippen molar-refractivity contribution in [1.29, 1.82) is 0 Å². The van der Waals surface area contributed by atoms with Crippen LogP contribution in [-0.4, -0.2) is 19.1 Å². The lowest BCUT2D eigenvalue weighted by molar-refractivity contribution is -0.122. The van der Waals surface area contributed by atoms with E-state index in [1.165, 1.54) is 0 Å². The Hall–Kier alpha value is -2.20. The number of benzene rings is 2. The molecule has 1 atom stereocenters. The first-order chi connectivity index (χ1) is 10.1. The highest BCUT2D eigenvalue weighted by molar-refractivity contribution is 6.30. The van der Waals surface area contributed by atoms with Gasteiger partial charge in [-0.15, -0.1) is 0 Å². The standard InChI is InChI=1S/C16H16ClNO3/c1-11(21-14-8-6-12(17)7-9-14)16(19)18-13-4-3-5-15(10-13)20-2/h3-11H,1-2H3,(H,18,19)/t11-/m1/s1. The topological polar surface area (TPSA) is 47.6 Å². The predicted octanol–water partition coefficient (Wildman–Crippen LogP) is 3.75. The number of hydrogen-bond donors (Lipinski definition) is 1. The number of nitrogens with one attached hydrogen (secondary N) is 1. The maximum Gasteiger partial charge on any atom is 0.265 e. The fraction of sp³-hybridized carbons (Fsp3) is 0.188. The first kappa shape index (κ1) is 15.2. The summed E-state index contributed by atoms with van der Waals surface area (Å²) in [6, 6.07) is 14.0. The van der Waals surface area contributed by atoms with Gasteiger partial charge in [-0.05, 0) is 43.3 Å². The molecule has 0 saturated carbocycles. The van der Waals surface area contributed by atoms with Crippen LogP contribution in [0.5, 0.6) is 11.5 Å². The molecule has 1 amide bonds. The molecule has 21 heavy (non-hydrogen) atoms. The second-order valence-corrected chi connectivity index (χ2v) is 4.87. The van der Waals surface area contributed by atoms with E-state index >= 15 is 0 Å². The molecular formula is C16H16ClNO3. The first-order valence-electron chi connectivity index (χ1n) is 6.45. The number of ether oxygens (including phenoxy) is 2. The van der Waals surface area contributed by atoms with Crippen LogP contribution in [0.4, 0.5) is 5.69 Å². The summed E-state index contributed by atoms with van der Waals surface area (Å²) in [5.74, 6) is 1.03. The molecule has 0 unspecified atom stereocenters. The zero-order valence-corrected chi connectivity index (χ0v) is 12.6. The van der Waals surface area contributed by atoms with Crippen molar-refractivity contribution in [2.75, 3.05) is 12.4 Å². The van der Waals surface area contributed by atoms with Crippen molar-refractivity contribution in [3.8, 4) is 11.5 Å². The molecule has 0 saturated heterocycles. The Labute approximate surface area is 128 Å². The highest BCUT2D eigenvalue weighted by Crippen LogP contribution is 2.19. The molecule has 110 valence electrons. The van der Waals surface area contributed by atoms with Crippen LogP contribution >= 0.6 is 11.6 Å². The van der Waals surface area contributed by atoms with Crippen molar-refractivity contribution in [2.24, 2.45) is 0 Å². The van der Waals surface area contributed by atoms with E-state index in [2.05, 4.69) is 5.32 Å². The third-order valence-corrected chi connectivity index (χ3v) is 3.08. The molecule has 0 heterocycles. The Bertz CT molecular complexity index is 613. The van der Waals surface area contributed by atoms with E-state index in [9.17, 15) is 4.79 Å².